The lowest BCUT2D eigenvalue weighted by molar-refractivity contribution is 0.203. The maximum atomic E-state index is 4.45. The van der Waals surface area contributed by atoms with E-state index in [9.17, 15) is 0 Å². The molecule has 0 bridgehead atoms. The van der Waals surface area contributed by atoms with Gasteiger partial charge in [-0.05, 0) is 67.6 Å². The number of H-pyrrole nitrogens is 2. The zero-order chi connectivity index (χ0) is 21.5. The van der Waals surface area contributed by atoms with E-state index >= 15 is 0 Å². The minimum atomic E-state index is 0.621. The maximum Gasteiger partial charge on any atom is 0.155 e. The van der Waals surface area contributed by atoms with Crippen molar-refractivity contribution in [2.24, 2.45) is 0 Å². The van der Waals surface area contributed by atoms with Gasteiger partial charge in [-0.25, -0.2) is 9.97 Å². The van der Waals surface area contributed by atoms with Crippen molar-refractivity contribution in [2.45, 2.75) is 38.6 Å². The van der Waals surface area contributed by atoms with Crippen LogP contribution in [0.4, 0.5) is 0 Å². The topological polar surface area (TPSA) is 73.5 Å². The molecule has 0 unspecified atom stereocenters. The molecule has 7 heteroatoms. The lowest BCUT2D eigenvalue weighted by Gasteiger charge is -2.31. The van der Waals surface area contributed by atoms with E-state index in [2.05, 4.69) is 66.6 Å². The van der Waals surface area contributed by atoms with Gasteiger partial charge in [0.05, 0.1) is 23.1 Å². The van der Waals surface area contributed by atoms with E-state index in [4.69, 9.17) is 0 Å². The molecule has 5 aromatic rings. The van der Waals surface area contributed by atoms with Crippen molar-refractivity contribution < 1.29 is 0 Å². The molecule has 4 aromatic heterocycles. The van der Waals surface area contributed by atoms with Crippen molar-refractivity contribution in [3.8, 4) is 11.3 Å². The summed E-state index contributed by atoms with van der Waals surface area (Å²) in [5.74, 6) is 0.621. The third-order valence-electron chi connectivity index (χ3n) is 6.84. The predicted octanol–water partition coefficient (Wildman–Crippen LogP) is 5.50. The molecule has 0 radical (unpaired) electrons. The summed E-state index contributed by atoms with van der Waals surface area (Å²) in [5, 5.41) is 11.7. The highest BCUT2D eigenvalue weighted by Gasteiger charge is 2.22. The lowest BCUT2D eigenvalue weighted by atomic mass is 9.88. The Balaban J connectivity index is 1.29. The van der Waals surface area contributed by atoms with Gasteiger partial charge in [0.1, 0.15) is 0 Å². The van der Waals surface area contributed by atoms with E-state index in [-0.39, 0.29) is 0 Å². The average molecular weight is 443 g/mol. The highest BCUT2D eigenvalue weighted by Crippen LogP contribution is 2.37. The zero-order valence-electron chi connectivity index (χ0n) is 18.1. The lowest BCUT2D eigenvalue weighted by Crippen LogP contribution is -2.32. The summed E-state index contributed by atoms with van der Waals surface area (Å²) in [4.78, 5) is 15.1. The van der Waals surface area contributed by atoms with Crippen LogP contribution < -0.4 is 0 Å². The number of nitrogens with zero attached hydrogens (tertiary/aromatic N) is 4. The molecule has 1 aliphatic heterocycles. The first-order valence-electron chi connectivity index (χ1n) is 11.3. The predicted molar refractivity (Wildman–Crippen MR) is 130 cm³/mol. The fraction of sp³-hybridized carbons (Fsp3) is 0.320. The van der Waals surface area contributed by atoms with Crippen molar-refractivity contribution in [3.05, 3.63) is 64.4 Å². The Morgan fingerprint density at radius 2 is 2.03 bits per heavy atom. The monoisotopic (exact) mass is 442 g/mol. The van der Waals surface area contributed by atoms with E-state index in [0.29, 0.717) is 5.92 Å². The van der Waals surface area contributed by atoms with Crippen molar-refractivity contribution in [2.75, 3.05) is 13.1 Å². The smallest absolute Gasteiger partial charge is 0.155 e. The van der Waals surface area contributed by atoms with Gasteiger partial charge in [0.15, 0.2) is 5.65 Å². The Kier molecular flexibility index (Phi) is 5.00. The molecule has 0 atom stereocenters. The number of aryl methyl sites for hydroxylation is 1. The molecule has 162 valence electrons. The van der Waals surface area contributed by atoms with Crippen LogP contribution in [0.1, 0.15) is 42.5 Å². The Hall–Kier alpha value is -3.03. The van der Waals surface area contributed by atoms with E-state index in [0.717, 1.165) is 42.7 Å². The first-order chi connectivity index (χ1) is 15.8. The molecule has 1 aromatic carbocycles. The summed E-state index contributed by atoms with van der Waals surface area (Å²) in [6, 6.07) is 9.11. The Labute approximate surface area is 190 Å². The van der Waals surface area contributed by atoms with Gasteiger partial charge in [-0.2, -0.15) is 5.10 Å². The van der Waals surface area contributed by atoms with Gasteiger partial charge in [0.25, 0.3) is 0 Å². The fourth-order valence-electron chi connectivity index (χ4n) is 5.15. The molecule has 6 nitrogen and oxygen atoms in total. The second-order valence-electron chi connectivity index (χ2n) is 8.66. The number of piperidine rings is 1. The van der Waals surface area contributed by atoms with Crippen LogP contribution in [0.3, 0.4) is 0 Å². The van der Waals surface area contributed by atoms with Crippen molar-refractivity contribution in [1.82, 2.24) is 30.0 Å². The van der Waals surface area contributed by atoms with Crippen molar-refractivity contribution >= 4 is 33.3 Å². The number of nitrogens with one attached hydrogen (secondary N) is 2. The Morgan fingerprint density at radius 1 is 1.12 bits per heavy atom. The molecular formula is C25H26N6S. The Morgan fingerprint density at radius 3 is 2.84 bits per heavy atom. The second-order valence-corrected chi connectivity index (χ2v) is 9.38. The van der Waals surface area contributed by atoms with Crippen LogP contribution in [0, 0.1) is 0 Å². The van der Waals surface area contributed by atoms with Gasteiger partial charge < -0.3 is 4.98 Å². The molecule has 0 amide bonds. The maximum absolute atomic E-state index is 4.45. The minimum Gasteiger partial charge on any atom is -0.354 e. The summed E-state index contributed by atoms with van der Waals surface area (Å²) >= 11 is 1.68. The first kappa shape index (κ1) is 19.6. The third kappa shape index (κ3) is 3.42. The number of rotatable bonds is 5. The molecule has 32 heavy (non-hydrogen) atoms. The quantitative estimate of drug-likeness (QED) is 0.377. The van der Waals surface area contributed by atoms with Crippen LogP contribution in [0.25, 0.3) is 33.2 Å². The molecule has 1 saturated heterocycles. The highest BCUT2D eigenvalue weighted by molar-refractivity contribution is 7.07. The van der Waals surface area contributed by atoms with E-state index in [1.54, 1.807) is 11.3 Å². The molecule has 0 saturated carbocycles. The summed E-state index contributed by atoms with van der Waals surface area (Å²) in [6.45, 7) is 5.48. The van der Waals surface area contributed by atoms with Crippen LogP contribution in [-0.2, 0) is 13.0 Å². The molecule has 2 N–H and O–H groups in total. The molecule has 0 spiro atoms. The minimum absolute atomic E-state index is 0.621. The standard InChI is InChI=1S/C25H26N6S/c1-2-19-21-11-17(16-6-9-31(10-7-16)13-18-14-32-15-27-18)3-4-23(21)29-24(19)20-5-8-26-25-22(20)12-28-30-25/h3-5,8,11-12,14-16,29H,2,6-7,9-10,13H2,1H3,(H,26,28,30). The van der Waals surface area contributed by atoms with Crippen LogP contribution in [0.5, 0.6) is 0 Å². The molecule has 5 heterocycles. The normalized spacial score (nSPS) is 15.8. The van der Waals surface area contributed by atoms with E-state index < -0.39 is 0 Å². The molecule has 1 aliphatic rings. The third-order valence-corrected chi connectivity index (χ3v) is 7.47. The van der Waals surface area contributed by atoms with Gasteiger partial charge in [-0.1, -0.05) is 13.0 Å². The number of thiazole rings is 1. The molecule has 0 aliphatic carbocycles. The fourth-order valence-corrected chi connectivity index (χ4v) is 5.70. The summed E-state index contributed by atoms with van der Waals surface area (Å²) in [7, 11) is 0. The number of aromatic amines is 2. The van der Waals surface area contributed by atoms with Crippen molar-refractivity contribution in [1.29, 1.82) is 0 Å². The van der Waals surface area contributed by atoms with Crippen LogP contribution in [-0.4, -0.2) is 43.1 Å². The Bertz CT molecular complexity index is 1360. The number of benzene rings is 1. The van der Waals surface area contributed by atoms with Gasteiger partial charge in [-0.15, -0.1) is 11.3 Å². The highest BCUT2D eigenvalue weighted by atomic mass is 32.1. The van der Waals surface area contributed by atoms with Crippen LogP contribution in [0.2, 0.25) is 0 Å². The molecular weight excluding hydrogens is 416 g/mol. The van der Waals surface area contributed by atoms with Crippen molar-refractivity contribution in [3.63, 3.8) is 0 Å². The first-order valence-corrected chi connectivity index (χ1v) is 12.3. The molecule has 6 rings (SSSR count). The largest absolute Gasteiger partial charge is 0.354 e. The zero-order valence-corrected chi connectivity index (χ0v) is 19.0. The van der Waals surface area contributed by atoms with Crippen LogP contribution in [0.15, 0.2) is 47.5 Å². The number of pyridine rings is 1. The number of aromatic nitrogens is 5. The van der Waals surface area contributed by atoms with Gasteiger partial charge in [-0.3, -0.25) is 10.00 Å². The summed E-state index contributed by atoms with van der Waals surface area (Å²) in [5.41, 5.74) is 10.3. The SMILES string of the molecule is CCc1c(-c2ccnc3[nH]ncc23)[nH]c2ccc(C3CCN(Cc4cscn4)CC3)cc12. The average Bonchev–Trinajstić information content (AvgIpc) is 3.58. The van der Waals surface area contributed by atoms with Gasteiger partial charge >= 0.3 is 0 Å². The number of fused-ring (bicyclic) bond motifs is 2. The molecule has 1 fully saturated rings. The number of hydrogen-bond acceptors (Lipinski definition) is 5. The number of likely N-dealkylation sites (tertiary alicyclic amines) is 1. The van der Waals surface area contributed by atoms with Gasteiger partial charge in [0, 0.05) is 40.0 Å². The number of hydrogen-bond donors (Lipinski definition) is 2. The summed E-state index contributed by atoms with van der Waals surface area (Å²) in [6.07, 6.45) is 7.11. The second kappa shape index (κ2) is 8.15. The summed E-state index contributed by atoms with van der Waals surface area (Å²) < 4.78 is 0. The van der Waals surface area contributed by atoms with E-state index in [1.807, 2.05) is 17.9 Å². The van der Waals surface area contributed by atoms with Gasteiger partial charge in [0.2, 0.25) is 0 Å². The van der Waals surface area contributed by atoms with Crippen LogP contribution >= 0.6 is 11.3 Å². The van der Waals surface area contributed by atoms with E-state index in [1.165, 1.54) is 46.3 Å².